The Morgan fingerprint density at radius 1 is 1.03 bits per heavy atom. The summed E-state index contributed by atoms with van der Waals surface area (Å²) in [4.78, 5) is 40.1. The lowest BCUT2D eigenvalue weighted by Crippen LogP contribution is -2.48. The fraction of sp³-hybridized carbons (Fsp3) is 0.650. The molecule has 3 rings (SSSR count). The van der Waals surface area contributed by atoms with Crippen LogP contribution in [0.2, 0.25) is 0 Å². The first-order valence-electron chi connectivity index (χ1n) is 9.82. The van der Waals surface area contributed by atoms with Gasteiger partial charge in [-0.05, 0) is 40.0 Å². The molecule has 0 unspecified atom stereocenters. The molecule has 7 nitrogen and oxygen atoms in total. The van der Waals surface area contributed by atoms with Crippen molar-refractivity contribution in [3.63, 3.8) is 0 Å². The Hall–Kier alpha value is -2.52. The Balaban J connectivity index is 1.79. The topological polar surface area (TPSA) is 71.8 Å². The van der Waals surface area contributed by atoms with Crippen LogP contribution >= 0.6 is 0 Å². The van der Waals surface area contributed by atoms with E-state index in [1.54, 1.807) is 25.7 Å². The largest absolute Gasteiger partial charge is 0.444 e. The van der Waals surface area contributed by atoms with Crippen LogP contribution in [0.5, 0.6) is 0 Å². The molecule has 10 heteroatoms. The van der Waals surface area contributed by atoms with Gasteiger partial charge in [0.25, 0.3) is 0 Å². The molecule has 2 fully saturated rings. The molecule has 2 aliphatic heterocycles. The summed E-state index contributed by atoms with van der Waals surface area (Å²) < 4.78 is 46.0. The number of rotatable bonds is 1. The molecule has 0 saturated carbocycles. The maximum absolute atomic E-state index is 13.3. The van der Waals surface area contributed by atoms with Crippen LogP contribution in [-0.4, -0.2) is 46.7 Å². The van der Waals surface area contributed by atoms with Gasteiger partial charge in [0.1, 0.15) is 17.1 Å². The van der Waals surface area contributed by atoms with Crippen LogP contribution in [-0.2, 0) is 22.8 Å². The first kappa shape index (κ1) is 22.2. The van der Waals surface area contributed by atoms with Crippen LogP contribution < -0.4 is 10.3 Å². The summed E-state index contributed by atoms with van der Waals surface area (Å²) in [5.74, 6) is -0.369. The van der Waals surface area contributed by atoms with E-state index in [0.29, 0.717) is 38.4 Å². The summed E-state index contributed by atoms with van der Waals surface area (Å²) in [6.07, 6.45) is -3.90. The third-order valence-corrected chi connectivity index (χ3v) is 5.71. The number of piperidine rings is 1. The molecule has 1 aromatic heterocycles. The highest BCUT2D eigenvalue weighted by molar-refractivity contribution is 5.99. The number of amides is 2. The van der Waals surface area contributed by atoms with Crippen molar-refractivity contribution in [2.24, 2.45) is 12.5 Å². The number of nitrogens with zero attached hydrogens (tertiary/aromatic N) is 3. The van der Waals surface area contributed by atoms with Gasteiger partial charge in [0.2, 0.25) is 5.91 Å². The predicted octanol–water partition coefficient (Wildman–Crippen LogP) is 3.16. The van der Waals surface area contributed by atoms with Crippen molar-refractivity contribution < 1.29 is 27.5 Å². The second-order valence-corrected chi connectivity index (χ2v) is 8.95. The molecule has 0 atom stereocenters. The molecule has 0 radical (unpaired) electrons. The van der Waals surface area contributed by atoms with Crippen molar-refractivity contribution in [2.75, 3.05) is 24.5 Å². The second-order valence-electron chi connectivity index (χ2n) is 8.95. The van der Waals surface area contributed by atoms with E-state index >= 15 is 0 Å². The Morgan fingerprint density at radius 2 is 1.60 bits per heavy atom. The van der Waals surface area contributed by atoms with E-state index in [1.807, 2.05) is 0 Å². The molecule has 0 aromatic carbocycles. The van der Waals surface area contributed by atoms with Crippen LogP contribution in [0.4, 0.5) is 23.8 Å². The zero-order chi connectivity index (χ0) is 22.5. The van der Waals surface area contributed by atoms with Gasteiger partial charge >= 0.3 is 12.3 Å². The lowest BCUT2D eigenvalue weighted by Gasteiger charge is -2.38. The normalized spacial score (nSPS) is 19.5. The Kier molecular flexibility index (Phi) is 5.41. The quantitative estimate of drug-likeness (QED) is 0.688. The third kappa shape index (κ3) is 4.17. The highest BCUT2D eigenvalue weighted by atomic mass is 19.4. The number of pyridine rings is 1. The fourth-order valence-electron chi connectivity index (χ4n) is 4.10. The zero-order valence-corrected chi connectivity index (χ0v) is 17.5. The van der Waals surface area contributed by atoms with Crippen molar-refractivity contribution in [2.45, 2.75) is 51.8 Å². The minimum atomic E-state index is -4.71. The molecule has 2 saturated heterocycles. The number of likely N-dealkylation sites (tertiary alicyclic amines) is 1. The van der Waals surface area contributed by atoms with Gasteiger partial charge in [0.05, 0.1) is 5.41 Å². The lowest BCUT2D eigenvalue weighted by molar-refractivity contribution is -0.143. The Morgan fingerprint density at radius 3 is 2.13 bits per heavy atom. The van der Waals surface area contributed by atoms with Crippen LogP contribution in [0.15, 0.2) is 16.9 Å². The number of carbonyl (C=O) groups excluding carboxylic acids is 2. The summed E-state index contributed by atoms with van der Waals surface area (Å²) in [5, 5.41) is 0. The smallest absolute Gasteiger partial charge is 0.431 e. The van der Waals surface area contributed by atoms with E-state index in [1.165, 1.54) is 11.9 Å². The number of alkyl halides is 3. The van der Waals surface area contributed by atoms with Crippen molar-refractivity contribution in [3.8, 4) is 0 Å². The fourth-order valence-corrected chi connectivity index (χ4v) is 4.10. The van der Waals surface area contributed by atoms with Crippen LogP contribution in [0.3, 0.4) is 0 Å². The van der Waals surface area contributed by atoms with E-state index in [9.17, 15) is 27.6 Å². The van der Waals surface area contributed by atoms with Crippen molar-refractivity contribution in [1.82, 2.24) is 9.47 Å². The molecule has 0 N–H and O–H groups in total. The SMILES string of the molecule is Cn1c(N2CCC3(CCN(C(=O)OC(C)(C)C)CC3)C2=O)cc(=O)cc1C(F)(F)F. The maximum Gasteiger partial charge on any atom is 0.431 e. The molecular weight excluding hydrogens is 403 g/mol. The summed E-state index contributed by atoms with van der Waals surface area (Å²) >= 11 is 0. The molecule has 166 valence electrons. The predicted molar refractivity (Wildman–Crippen MR) is 103 cm³/mol. The third-order valence-electron chi connectivity index (χ3n) is 5.71. The molecule has 1 spiro atoms. The lowest BCUT2D eigenvalue weighted by atomic mass is 9.77. The number of anilines is 1. The average molecular weight is 429 g/mol. The molecule has 0 bridgehead atoms. The maximum atomic E-state index is 13.3. The highest BCUT2D eigenvalue weighted by Crippen LogP contribution is 2.43. The van der Waals surface area contributed by atoms with Gasteiger partial charge < -0.3 is 14.2 Å². The van der Waals surface area contributed by atoms with Crippen molar-refractivity contribution >= 4 is 17.8 Å². The summed E-state index contributed by atoms with van der Waals surface area (Å²) in [6.45, 7) is 6.20. The number of ether oxygens (including phenoxy) is 1. The van der Waals surface area contributed by atoms with E-state index < -0.39 is 34.4 Å². The molecule has 3 heterocycles. The van der Waals surface area contributed by atoms with Crippen LogP contribution in [0.1, 0.15) is 45.7 Å². The molecule has 30 heavy (non-hydrogen) atoms. The summed E-state index contributed by atoms with van der Waals surface area (Å²) in [6, 6.07) is 1.58. The number of hydrogen-bond donors (Lipinski definition) is 0. The number of carbonyl (C=O) groups is 2. The van der Waals surface area contributed by atoms with Crippen LogP contribution in [0, 0.1) is 5.41 Å². The number of aromatic nitrogens is 1. The van der Waals surface area contributed by atoms with Crippen molar-refractivity contribution in [1.29, 1.82) is 0 Å². The molecule has 2 amide bonds. The van der Waals surface area contributed by atoms with Gasteiger partial charge in [0.15, 0.2) is 5.43 Å². The van der Waals surface area contributed by atoms with E-state index in [-0.39, 0.29) is 18.3 Å². The van der Waals surface area contributed by atoms with Gasteiger partial charge in [-0.2, -0.15) is 13.2 Å². The minimum absolute atomic E-state index is 0.0636. The Bertz CT molecular complexity index is 909. The summed E-state index contributed by atoms with van der Waals surface area (Å²) in [7, 11) is 1.20. The summed E-state index contributed by atoms with van der Waals surface area (Å²) in [5.41, 5.74) is -3.27. The van der Waals surface area contributed by atoms with Gasteiger partial charge in [-0.15, -0.1) is 0 Å². The van der Waals surface area contributed by atoms with Gasteiger partial charge in [-0.1, -0.05) is 0 Å². The number of hydrogen-bond acceptors (Lipinski definition) is 4. The number of halogens is 3. The standard InChI is InChI=1S/C20H26F3N3O4/c1-18(2,3)30-17(29)25-8-5-19(6-9-25)7-10-26(16(19)28)15-12-13(27)11-14(24(15)4)20(21,22)23/h11-12H,5-10H2,1-4H3. The van der Waals surface area contributed by atoms with Gasteiger partial charge in [-0.25, -0.2) is 4.79 Å². The van der Waals surface area contributed by atoms with Gasteiger partial charge in [0, 0.05) is 38.8 Å². The van der Waals surface area contributed by atoms with E-state index in [4.69, 9.17) is 4.74 Å². The Labute approximate surface area is 172 Å². The first-order valence-corrected chi connectivity index (χ1v) is 9.82. The second kappa shape index (κ2) is 7.31. The first-order chi connectivity index (χ1) is 13.7. The monoisotopic (exact) mass is 429 g/mol. The molecule has 0 aliphatic carbocycles. The average Bonchev–Trinajstić information content (AvgIpc) is 2.91. The molecule has 2 aliphatic rings. The molecular formula is C20H26F3N3O4. The highest BCUT2D eigenvalue weighted by Gasteiger charge is 2.50. The van der Waals surface area contributed by atoms with Gasteiger partial charge in [-0.3, -0.25) is 14.5 Å². The molecule has 1 aromatic rings. The van der Waals surface area contributed by atoms with Crippen LogP contribution in [0.25, 0.3) is 0 Å². The van der Waals surface area contributed by atoms with E-state index in [2.05, 4.69) is 0 Å². The van der Waals surface area contributed by atoms with E-state index in [0.717, 1.165) is 10.6 Å². The van der Waals surface area contributed by atoms with Crippen molar-refractivity contribution in [3.05, 3.63) is 28.0 Å². The zero-order valence-electron chi connectivity index (χ0n) is 17.5. The minimum Gasteiger partial charge on any atom is -0.444 e.